The summed E-state index contributed by atoms with van der Waals surface area (Å²) >= 11 is 5.97. The van der Waals surface area contributed by atoms with E-state index >= 15 is 0 Å². The second kappa shape index (κ2) is 4.69. The van der Waals surface area contributed by atoms with E-state index in [1.807, 2.05) is 13.0 Å². The van der Waals surface area contributed by atoms with E-state index in [0.29, 0.717) is 11.2 Å². The molecule has 4 atom stereocenters. The first-order valence-corrected chi connectivity index (χ1v) is 7.27. The fourth-order valence-electron chi connectivity index (χ4n) is 3.85. The lowest BCUT2D eigenvalue weighted by molar-refractivity contribution is 0.304. The van der Waals surface area contributed by atoms with Crippen LogP contribution in [0.2, 0.25) is 5.15 Å². The van der Waals surface area contributed by atoms with E-state index in [2.05, 4.69) is 22.2 Å². The van der Waals surface area contributed by atoms with E-state index < -0.39 is 0 Å². The van der Waals surface area contributed by atoms with Gasteiger partial charge in [0.2, 0.25) is 0 Å². The van der Waals surface area contributed by atoms with E-state index in [1.165, 1.54) is 25.7 Å². The topological polar surface area (TPSA) is 37.8 Å². The fraction of sp³-hybridized carbons (Fsp3) is 0.714. The van der Waals surface area contributed by atoms with Crippen LogP contribution in [-0.4, -0.2) is 16.0 Å². The van der Waals surface area contributed by atoms with E-state index in [0.717, 1.165) is 29.4 Å². The normalized spacial score (nSPS) is 31.6. The van der Waals surface area contributed by atoms with Crippen molar-refractivity contribution in [3.05, 3.63) is 17.0 Å². The quantitative estimate of drug-likeness (QED) is 0.848. The standard InChI is InChI=1S/C14H20ClN3/c1-8(12-6-10-3-4-11(12)5-10)16-14-7-13(15)17-9(2)18-14/h7-8,10-12H,3-6H2,1-2H3,(H,16,17,18)/t8-,10+,11+,12-/m1/s1. The summed E-state index contributed by atoms with van der Waals surface area (Å²) in [5.41, 5.74) is 0. The van der Waals surface area contributed by atoms with Crippen LogP contribution in [0.3, 0.4) is 0 Å². The number of rotatable bonds is 3. The van der Waals surface area contributed by atoms with Crippen molar-refractivity contribution in [2.75, 3.05) is 5.32 Å². The van der Waals surface area contributed by atoms with Crippen LogP contribution in [-0.2, 0) is 0 Å². The molecule has 0 aromatic carbocycles. The van der Waals surface area contributed by atoms with Gasteiger partial charge in [0.25, 0.3) is 0 Å². The largest absolute Gasteiger partial charge is 0.367 e. The number of halogens is 1. The first-order chi connectivity index (χ1) is 8.61. The third-order valence-electron chi connectivity index (χ3n) is 4.62. The number of anilines is 1. The average Bonchev–Trinajstić information content (AvgIpc) is 2.88. The lowest BCUT2D eigenvalue weighted by atomic mass is 9.84. The van der Waals surface area contributed by atoms with Crippen LogP contribution < -0.4 is 5.32 Å². The van der Waals surface area contributed by atoms with Crippen molar-refractivity contribution < 1.29 is 0 Å². The summed E-state index contributed by atoms with van der Waals surface area (Å²) in [6, 6.07) is 2.30. The Bertz CT molecular complexity index is 428. The lowest BCUT2D eigenvalue weighted by Crippen LogP contribution is -2.30. The van der Waals surface area contributed by atoms with E-state index in [1.54, 1.807) is 0 Å². The van der Waals surface area contributed by atoms with Crippen LogP contribution >= 0.6 is 11.6 Å². The second-order valence-electron chi connectivity index (χ2n) is 5.89. The summed E-state index contributed by atoms with van der Waals surface area (Å²) in [5.74, 6) is 4.31. The molecule has 0 unspecified atom stereocenters. The zero-order valence-corrected chi connectivity index (χ0v) is 11.7. The summed E-state index contributed by atoms with van der Waals surface area (Å²) in [6.07, 6.45) is 5.70. The zero-order chi connectivity index (χ0) is 12.7. The maximum absolute atomic E-state index is 5.97. The molecule has 0 aliphatic heterocycles. The maximum Gasteiger partial charge on any atom is 0.134 e. The molecule has 1 aromatic heterocycles. The summed E-state index contributed by atoms with van der Waals surface area (Å²) in [6.45, 7) is 4.15. The van der Waals surface area contributed by atoms with E-state index in [4.69, 9.17) is 11.6 Å². The molecule has 2 bridgehead atoms. The van der Waals surface area contributed by atoms with Crippen LogP contribution in [0.15, 0.2) is 6.07 Å². The Morgan fingerprint density at radius 1 is 1.33 bits per heavy atom. The Hall–Kier alpha value is -0.830. The highest BCUT2D eigenvalue weighted by Crippen LogP contribution is 2.49. The van der Waals surface area contributed by atoms with Gasteiger partial charge >= 0.3 is 0 Å². The maximum atomic E-state index is 5.97. The minimum Gasteiger partial charge on any atom is -0.367 e. The van der Waals surface area contributed by atoms with Crippen molar-refractivity contribution in [3.8, 4) is 0 Å². The van der Waals surface area contributed by atoms with Crippen LogP contribution in [0.1, 0.15) is 38.4 Å². The predicted octanol–water partition coefficient (Wildman–Crippen LogP) is 3.68. The van der Waals surface area contributed by atoms with E-state index in [9.17, 15) is 0 Å². The molecular weight excluding hydrogens is 246 g/mol. The Kier molecular flexibility index (Phi) is 3.18. The number of nitrogens with one attached hydrogen (secondary N) is 1. The Labute approximate surface area is 113 Å². The van der Waals surface area contributed by atoms with Gasteiger partial charge < -0.3 is 5.32 Å². The summed E-state index contributed by atoms with van der Waals surface area (Å²) in [7, 11) is 0. The number of fused-ring (bicyclic) bond motifs is 2. The molecule has 2 aliphatic rings. The molecule has 1 aromatic rings. The highest BCUT2D eigenvalue weighted by atomic mass is 35.5. The minimum atomic E-state index is 0.477. The zero-order valence-electron chi connectivity index (χ0n) is 11.0. The molecule has 3 rings (SSSR count). The van der Waals surface area contributed by atoms with Gasteiger partial charge in [0.15, 0.2) is 0 Å². The summed E-state index contributed by atoms with van der Waals surface area (Å²) in [4.78, 5) is 8.49. The number of hydrogen-bond donors (Lipinski definition) is 1. The number of aryl methyl sites for hydroxylation is 1. The monoisotopic (exact) mass is 265 g/mol. The van der Waals surface area contributed by atoms with Gasteiger partial charge in [-0.3, -0.25) is 0 Å². The molecule has 0 amide bonds. The Balaban J connectivity index is 1.68. The molecule has 18 heavy (non-hydrogen) atoms. The first kappa shape index (κ1) is 12.2. The predicted molar refractivity (Wildman–Crippen MR) is 73.8 cm³/mol. The van der Waals surface area contributed by atoms with Gasteiger partial charge in [0.1, 0.15) is 16.8 Å². The van der Waals surface area contributed by atoms with Crippen LogP contribution in [0.25, 0.3) is 0 Å². The number of hydrogen-bond acceptors (Lipinski definition) is 3. The van der Waals surface area contributed by atoms with Crippen LogP contribution in [0.5, 0.6) is 0 Å². The molecule has 3 nitrogen and oxygen atoms in total. The Morgan fingerprint density at radius 3 is 2.78 bits per heavy atom. The molecule has 2 saturated carbocycles. The van der Waals surface area contributed by atoms with Gasteiger partial charge in [0, 0.05) is 12.1 Å². The first-order valence-electron chi connectivity index (χ1n) is 6.89. The van der Waals surface area contributed by atoms with Gasteiger partial charge in [-0.1, -0.05) is 18.0 Å². The molecule has 4 heteroatoms. The molecule has 2 fully saturated rings. The van der Waals surface area contributed by atoms with Crippen molar-refractivity contribution in [1.82, 2.24) is 9.97 Å². The molecule has 0 spiro atoms. The second-order valence-corrected chi connectivity index (χ2v) is 6.28. The average molecular weight is 266 g/mol. The molecule has 2 aliphatic carbocycles. The van der Waals surface area contributed by atoms with Crippen LogP contribution in [0, 0.1) is 24.7 Å². The van der Waals surface area contributed by atoms with Crippen molar-refractivity contribution in [2.45, 2.75) is 45.6 Å². The molecular formula is C14H20ClN3. The Morgan fingerprint density at radius 2 is 2.17 bits per heavy atom. The highest BCUT2D eigenvalue weighted by molar-refractivity contribution is 6.29. The van der Waals surface area contributed by atoms with Gasteiger partial charge in [-0.2, -0.15) is 0 Å². The summed E-state index contributed by atoms with van der Waals surface area (Å²) < 4.78 is 0. The van der Waals surface area contributed by atoms with Crippen molar-refractivity contribution >= 4 is 17.4 Å². The van der Waals surface area contributed by atoms with Gasteiger partial charge in [0.05, 0.1) is 0 Å². The summed E-state index contributed by atoms with van der Waals surface area (Å²) in [5, 5.41) is 4.03. The minimum absolute atomic E-state index is 0.477. The fourth-order valence-corrected chi connectivity index (χ4v) is 4.08. The number of nitrogens with zero attached hydrogens (tertiary/aromatic N) is 2. The number of aromatic nitrogens is 2. The van der Waals surface area contributed by atoms with Crippen molar-refractivity contribution in [2.24, 2.45) is 17.8 Å². The molecule has 1 heterocycles. The molecule has 0 radical (unpaired) electrons. The third kappa shape index (κ3) is 2.33. The van der Waals surface area contributed by atoms with Crippen LogP contribution in [0.4, 0.5) is 5.82 Å². The molecule has 0 saturated heterocycles. The van der Waals surface area contributed by atoms with Gasteiger partial charge in [-0.15, -0.1) is 0 Å². The molecule has 98 valence electrons. The van der Waals surface area contributed by atoms with Gasteiger partial charge in [-0.05, 0) is 50.9 Å². The van der Waals surface area contributed by atoms with Gasteiger partial charge in [-0.25, -0.2) is 9.97 Å². The SMILES string of the molecule is Cc1nc(Cl)cc(N[C@H](C)[C@H]2C[C@H]3CC[C@H]2C3)n1. The molecule has 1 N–H and O–H groups in total. The highest BCUT2D eigenvalue weighted by Gasteiger charge is 2.41. The third-order valence-corrected chi connectivity index (χ3v) is 4.81. The van der Waals surface area contributed by atoms with Crippen molar-refractivity contribution in [1.29, 1.82) is 0 Å². The smallest absolute Gasteiger partial charge is 0.134 e. The van der Waals surface area contributed by atoms with Crippen molar-refractivity contribution in [3.63, 3.8) is 0 Å². The lowest BCUT2D eigenvalue weighted by Gasteiger charge is -2.28. The van der Waals surface area contributed by atoms with E-state index in [-0.39, 0.29) is 0 Å².